The SMILES string of the molecule is CC(Cl)C(=O)NC(=O)N(C)C1CCSC1. The van der Waals surface area contributed by atoms with Gasteiger partial charge in [-0.2, -0.15) is 11.8 Å². The van der Waals surface area contributed by atoms with Crippen molar-refractivity contribution in [1.82, 2.24) is 10.2 Å². The molecule has 2 atom stereocenters. The van der Waals surface area contributed by atoms with Crippen LogP contribution in [0, 0.1) is 0 Å². The zero-order chi connectivity index (χ0) is 11.4. The van der Waals surface area contributed by atoms with E-state index in [4.69, 9.17) is 11.6 Å². The summed E-state index contributed by atoms with van der Waals surface area (Å²) in [5, 5.41) is 1.58. The number of hydrogen-bond acceptors (Lipinski definition) is 3. The highest BCUT2D eigenvalue weighted by Gasteiger charge is 2.25. The van der Waals surface area contributed by atoms with Crippen molar-refractivity contribution in [3.05, 3.63) is 0 Å². The van der Waals surface area contributed by atoms with Gasteiger partial charge in [-0.25, -0.2) is 4.79 Å². The van der Waals surface area contributed by atoms with Gasteiger partial charge in [0, 0.05) is 18.8 Å². The van der Waals surface area contributed by atoms with Crippen LogP contribution in [0.25, 0.3) is 0 Å². The second-order valence-corrected chi connectivity index (χ2v) is 5.34. The first-order valence-corrected chi connectivity index (χ1v) is 6.41. The van der Waals surface area contributed by atoms with Crippen molar-refractivity contribution in [3.8, 4) is 0 Å². The molecular formula is C9H15ClN2O2S. The van der Waals surface area contributed by atoms with Crippen molar-refractivity contribution in [3.63, 3.8) is 0 Å². The van der Waals surface area contributed by atoms with Crippen LogP contribution in [-0.4, -0.2) is 46.8 Å². The first-order chi connectivity index (χ1) is 7.02. The van der Waals surface area contributed by atoms with Crippen molar-refractivity contribution < 1.29 is 9.59 Å². The van der Waals surface area contributed by atoms with Crippen LogP contribution in [0.15, 0.2) is 0 Å². The summed E-state index contributed by atoms with van der Waals surface area (Å²) in [7, 11) is 1.71. The molecule has 2 unspecified atom stereocenters. The smallest absolute Gasteiger partial charge is 0.324 e. The highest BCUT2D eigenvalue weighted by Crippen LogP contribution is 2.21. The molecule has 0 bridgehead atoms. The molecule has 0 aliphatic carbocycles. The van der Waals surface area contributed by atoms with Crippen LogP contribution in [0.1, 0.15) is 13.3 Å². The molecular weight excluding hydrogens is 236 g/mol. The largest absolute Gasteiger partial charge is 0.324 e. The molecule has 0 radical (unpaired) electrons. The maximum atomic E-state index is 11.6. The van der Waals surface area contributed by atoms with E-state index in [-0.39, 0.29) is 12.1 Å². The first kappa shape index (κ1) is 12.6. The van der Waals surface area contributed by atoms with E-state index in [1.165, 1.54) is 6.92 Å². The Balaban J connectivity index is 2.42. The second-order valence-electron chi connectivity index (χ2n) is 3.54. The first-order valence-electron chi connectivity index (χ1n) is 4.82. The second kappa shape index (κ2) is 5.61. The number of rotatable bonds is 2. The molecule has 6 heteroatoms. The number of carbonyl (C=O) groups is 2. The number of alkyl halides is 1. The monoisotopic (exact) mass is 250 g/mol. The lowest BCUT2D eigenvalue weighted by atomic mass is 10.2. The van der Waals surface area contributed by atoms with E-state index in [0.717, 1.165) is 17.9 Å². The van der Waals surface area contributed by atoms with Gasteiger partial charge in [0.1, 0.15) is 5.38 Å². The Labute approximate surface area is 98.7 Å². The topological polar surface area (TPSA) is 49.4 Å². The average molecular weight is 251 g/mol. The van der Waals surface area contributed by atoms with Gasteiger partial charge in [-0.3, -0.25) is 10.1 Å². The van der Waals surface area contributed by atoms with Gasteiger partial charge in [-0.15, -0.1) is 11.6 Å². The third-order valence-electron chi connectivity index (χ3n) is 2.37. The predicted molar refractivity (Wildman–Crippen MR) is 62.3 cm³/mol. The molecule has 1 heterocycles. The third kappa shape index (κ3) is 3.57. The summed E-state index contributed by atoms with van der Waals surface area (Å²) in [5.41, 5.74) is 0. The van der Waals surface area contributed by atoms with Crippen molar-refractivity contribution in [2.24, 2.45) is 0 Å². The summed E-state index contributed by atoms with van der Waals surface area (Å²) in [6.45, 7) is 1.54. The van der Waals surface area contributed by atoms with Crippen LogP contribution in [0.4, 0.5) is 4.79 Å². The molecule has 0 saturated carbocycles. The molecule has 1 fully saturated rings. The van der Waals surface area contributed by atoms with E-state index in [9.17, 15) is 9.59 Å². The van der Waals surface area contributed by atoms with Gasteiger partial charge < -0.3 is 4.90 Å². The van der Waals surface area contributed by atoms with Crippen molar-refractivity contribution >= 4 is 35.3 Å². The van der Waals surface area contributed by atoms with Gasteiger partial charge in [0.2, 0.25) is 5.91 Å². The molecule has 1 N–H and O–H groups in total. The van der Waals surface area contributed by atoms with Crippen molar-refractivity contribution in [1.29, 1.82) is 0 Å². The van der Waals surface area contributed by atoms with E-state index in [1.807, 2.05) is 11.8 Å². The molecule has 4 nitrogen and oxygen atoms in total. The lowest BCUT2D eigenvalue weighted by molar-refractivity contribution is -0.119. The van der Waals surface area contributed by atoms with Gasteiger partial charge in [0.25, 0.3) is 0 Å². The molecule has 3 amide bonds. The fourth-order valence-corrected chi connectivity index (χ4v) is 2.61. The number of hydrogen-bond donors (Lipinski definition) is 1. The van der Waals surface area contributed by atoms with Gasteiger partial charge in [0.15, 0.2) is 0 Å². The number of imide groups is 1. The minimum Gasteiger partial charge on any atom is -0.324 e. The quantitative estimate of drug-likeness (QED) is 0.752. The average Bonchev–Trinajstić information content (AvgIpc) is 2.68. The lowest BCUT2D eigenvalue weighted by Gasteiger charge is -2.23. The van der Waals surface area contributed by atoms with Crippen LogP contribution in [0.3, 0.4) is 0 Å². The summed E-state index contributed by atoms with van der Waals surface area (Å²) in [5.74, 6) is 1.57. The molecule has 15 heavy (non-hydrogen) atoms. The Hall–Kier alpha value is -0.420. The van der Waals surface area contributed by atoms with Crippen molar-refractivity contribution in [2.45, 2.75) is 24.8 Å². The molecule has 1 saturated heterocycles. The lowest BCUT2D eigenvalue weighted by Crippen LogP contribution is -2.47. The maximum Gasteiger partial charge on any atom is 0.324 e. The number of carbonyl (C=O) groups excluding carboxylic acids is 2. The minimum atomic E-state index is -0.680. The molecule has 1 aliphatic heterocycles. The van der Waals surface area contributed by atoms with E-state index in [1.54, 1.807) is 11.9 Å². The van der Waals surface area contributed by atoms with E-state index >= 15 is 0 Å². The number of amides is 3. The zero-order valence-corrected chi connectivity index (χ0v) is 10.4. The van der Waals surface area contributed by atoms with Crippen LogP contribution < -0.4 is 5.32 Å². The Morgan fingerprint density at radius 3 is 2.73 bits per heavy atom. The van der Waals surface area contributed by atoms with Gasteiger partial charge in [0.05, 0.1) is 0 Å². The van der Waals surface area contributed by atoms with Crippen LogP contribution in [-0.2, 0) is 4.79 Å². The fourth-order valence-electron chi connectivity index (χ4n) is 1.29. The van der Waals surface area contributed by atoms with Crippen LogP contribution in [0.2, 0.25) is 0 Å². The summed E-state index contributed by atoms with van der Waals surface area (Å²) in [4.78, 5) is 24.3. The summed E-state index contributed by atoms with van der Waals surface area (Å²) in [6, 6.07) is -0.131. The Morgan fingerprint density at radius 1 is 1.60 bits per heavy atom. The van der Waals surface area contributed by atoms with Crippen LogP contribution >= 0.6 is 23.4 Å². The molecule has 0 spiro atoms. The summed E-state index contributed by atoms with van der Waals surface area (Å²) in [6.07, 6.45) is 0.985. The minimum absolute atomic E-state index is 0.230. The molecule has 0 aromatic carbocycles. The number of thioether (sulfide) groups is 1. The highest BCUT2D eigenvalue weighted by molar-refractivity contribution is 7.99. The Morgan fingerprint density at radius 2 is 2.27 bits per heavy atom. The Bertz CT molecular complexity index is 254. The van der Waals surface area contributed by atoms with E-state index in [2.05, 4.69) is 5.32 Å². The predicted octanol–water partition coefficient (Wildman–Crippen LogP) is 1.29. The van der Waals surface area contributed by atoms with Crippen molar-refractivity contribution in [2.75, 3.05) is 18.6 Å². The number of halogens is 1. The molecule has 0 aromatic heterocycles. The molecule has 1 aliphatic rings. The maximum absolute atomic E-state index is 11.6. The summed E-state index contributed by atoms with van der Waals surface area (Å²) < 4.78 is 0. The normalized spacial score (nSPS) is 22.2. The molecule has 86 valence electrons. The number of urea groups is 1. The number of nitrogens with one attached hydrogen (secondary N) is 1. The molecule has 0 aromatic rings. The van der Waals surface area contributed by atoms with E-state index < -0.39 is 11.3 Å². The Kier molecular flexibility index (Phi) is 4.73. The standard InChI is InChI=1S/C9H15ClN2O2S/c1-6(10)8(13)11-9(14)12(2)7-3-4-15-5-7/h6-7H,3-5H2,1-2H3,(H,11,13,14). The highest BCUT2D eigenvalue weighted by atomic mass is 35.5. The van der Waals surface area contributed by atoms with Gasteiger partial charge >= 0.3 is 6.03 Å². The fraction of sp³-hybridized carbons (Fsp3) is 0.778. The van der Waals surface area contributed by atoms with Gasteiger partial charge in [-0.05, 0) is 19.1 Å². The zero-order valence-electron chi connectivity index (χ0n) is 8.83. The number of nitrogens with zero attached hydrogens (tertiary/aromatic N) is 1. The molecule has 1 rings (SSSR count). The summed E-state index contributed by atoms with van der Waals surface area (Å²) >= 11 is 7.37. The van der Waals surface area contributed by atoms with E-state index in [0.29, 0.717) is 0 Å². The van der Waals surface area contributed by atoms with Crippen LogP contribution in [0.5, 0.6) is 0 Å². The third-order valence-corrected chi connectivity index (χ3v) is 3.71. The van der Waals surface area contributed by atoms with Gasteiger partial charge in [-0.1, -0.05) is 0 Å².